The second-order valence-electron chi connectivity index (χ2n) is 2.76. The molecule has 2 rings (SSSR count). The topological polar surface area (TPSA) is 43.1 Å². The molecular weight excluding hydrogens is 158 g/mol. The van der Waals surface area contributed by atoms with Crippen LogP contribution in [0, 0.1) is 0 Å². The fourth-order valence-corrected chi connectivity index (χ4v) is 2.41. The van der Waals surface area contributed by atoms with Crippen molar-refractivity contribution in [1.82, 2.24) is 0 Å². The number of thiophene rings is 1. The molecule has 0 unspecified atom stereocenters. The molecule has 0 atom stereocenters. The lowest BCUT2D eigenvalue weighted by Gasteiger charge is -2.07. The molecule has 0 bridgehead atoms. The monoisotopic (exact) mass is 167 g/mol. The molecule has 1 aromatic heterocycles. The fourth-order valence-electron chi connectivity index (χ4n) is 1.42. The van der Waals surface area contributed by atoms with Gasteiger partial charge in [0.05, 0.1) is 5.00 Å². The highest BCUT2D eigenvalue weighted by Crippen LogP contribution is 2.30. The third-order valence-electron chi connectivity index (χ3n) is 1.94. The quantitative estimate of drug-likeness (QED) is 0.640. The highest BCUT2D eigenvalue weighted by molar-refractivity contribution is 7.16. The van der Waals surface area contributed by atoms with E-state index in [0.29, 0.717) is 6.42 Å². The molecule has 1 aliphatic rings. The van der Waals surface area contributed by atoms with Crippen LogP contribution in [0.5, 0.6) is 0 Å². The van der Waals surface area contributed by atoms with Crippen LogP contribution >= 0.6 is 11.3 Å². The van der Waals surface area contributed by atoms with E-state index in [1.165, 1.54) is 4.88 Å². The first-order valence-electron chi connectivity index (χ1n) is 3.69. The number of nitrogens with two attached hydrogens (primary N) is 1. The van der Waals surface area contributed by atoms with Crippen molar-refractivity contribution in [2.24, 2.45) is 0 Å². The Balaban J connectivity index is 2.52. The van der Waals surface area contributed by atoms with Gasteiger partial charge in [-0.2, -0.15) is 0 Å². The van der Waals surface area contributed by atoms with Crippen molar-refractivity contribution < 1.29 is 4.79 Å². The maximum Gasteiger partial charge on any atom is 0.164 e. The Morgan fingerprint density at radius 3 is 3.00 bits per heavy atom. The van der Waals surface area contributed by atoms with Crippen molar-refractivity contribution in [2.75, 3.05) is 5.73 Å². The molecule has 0 saturated carbocycles. The summed E-state index contributed by atoms with van der Waals surface area (Å²) in [6.07, 6.45) is 2.72. The van der Waals surface area contributed by atoms with Gasteiger partial charge in [-0.3, -0.25) is 4.79 Å². The van der Waals surface area contributed by atoms with Crippen molar-refractivity contribution in [1.29, 1.82) is 0 Å². The van der Waals surface area contributed by atoms with Crippen molar-refractivity contribution in [3.63, 3.8) is 0 Å². The molecule has 1 heterocycles. The zero-order chi connectivity index (χ0) is 7.84. The highest BCUT2D eigenvalue weighted by Gasteiger charge is 2.19. The van der Waals surface area contributed by atoms with Gasteiger partial charge in [-0.25, -0.2) is 0 Å². The van der Waals surface area contributed by atoms with Crippen LogP contribution < -0.4 is 5.73 Å². The van der Waals surface area contributed by atoms with Gasteiger partial charge in [-0.15, -0.1) is 11.3 Å². The average molecular weight is 167 g/mol. The Hall–Kier alpha value is -0.830. The first kappa shape index (κ1) is 6.85. The number of anilines is 1. The minimum Gasteiger partial charge on any atom is -0.391 e. The summed E-state index contributed by atoms with van der Waals surface area (Å²) in [6.45, 7) is 0. The molecule has 1 aromatic rings. The van der Waals surface area contributed by atoms with E-state index < -0.39 is 0 Å². The summed E-state index contributed by atoms with van der Waals surface area (Å²) >= 11 is 1.55. The van der Waals surface area contributed by atoms with Crippen molar-refractivity contribution in [3.8, 4) is 0 Å². The zero-order valence-electron chi connectivity index (χ0n) is 6.09. The molecule has 0 amide bonds. The lowest BCUT2D eigenvalue weighted by atomic mass is 9.98. The molecule has 0 fully saturated rings. The van der Waals surface area contributed by atoms with Gasteiger partial charge in [-0.05, 0) is 18.9 Å². The predicted molar refractivity (Wildman–Crippen MR) is 46.0 cm³/mol. The van der Waals surface area contributed by atoms with E-state index in [2.05, 4.69) is 0 Å². The van der Waals surface area contributed by atoms with Crippen LogP contribution in [0.2, 0.25) is 0 Å². The molecule has 0 radical (unpaired) electrons. The largest absolute Gasteiger partial charge is 0.391 e. The van der Waals surface area contributed by atoms with Gasteiger partial charge < -0.3 is 5.73 Å². The summed E-state index contributed by atoms with van der Waals surface area (Å²) in [5, 5.41) is 0.769. The number of rotatable bonds is 0. The number of carbonyl (C=O) groups is 1. The molecule has 2 nitrogen and oxygen atoms in total. The number of Topliss-reactive ketones (excluding diaryl/α,β-unsaturated/α-hetero) is 1. The lowest BCUT2D eigenvalue weighted by molar-refractivity contribution is 0.0973. The van der Waals surface area contributed by atoms with Gasteiger partial charge in [0.2, 0.25) is 0 Å². The van der Waals surface area contributed by atoms with Crippen molar-refractivity contribution in [2.45, 2.75) is 19.3 Å². The molecule has 0 aromatic carbocycles. The molecule has 0 saturated heterocycles. The Morgan fingerprint density at radius 1 is 1.45 bits per heavy atom. The molecule has 0 spiro atoms. The number of ketones is 1. The maximum atomic E-state index is 11.2. The minimum absolute atomic E-state index is 0.263. The third-order valence-corrected chi connectivity index (χ3v) is 2.96. The van der Waals surface area contributed by atoms with Crippen LogP contribution in [-0.2, 0) is 6.42 Å². The Morgan fingerprint density at radius 2 is 2.27 bits per heavy atom. The Kier molecular flexibility index (Phi) is 1.46. The molecule has 0 aliphatic heterocycles. The average Bonchev–Trinajstić information content (AvgIpc) is 2.31. The third kappa shape index (κ3) is 1.05. The molecule has 2 N–H and O–H groups in total. The molecule has 3 heteroatoms. The van der Waals surface area contributed by atoms with Crippen LogP contribution in [0.3, 0.4) is 0 Å². The maximum absolute atomic E-state index is 11.2. The molecule has 1 aliphatic carbocycles. The standard InChI is InChI=1S/C8H9NOS/c9-8-4-5-6(10)2-1-3-7(5)11-8/h4H,1-3,9H2. The summed E-state index contributed by atoms with van der Waals surface area (Å²) in [5.41, 5.74) is 6.46. The highest BCUT2D eigenvalue weighted by atomic mass is 32.1. The summed E-state index contributed by atoms with van der Waals surface area (Å²) in [5.74, 6) is 0.263. The SMILES string of the molecule is Nc1cc2c(s1)CCCC2=O. The van der Waals surface area contributed by atoms with E-state index in [1.54, 1.807) is 11.3 Å². The number of aryl methyl sites for hydroxylation is 1. The van der Waals surface area contributed by atoms with Crippen molar-refractivity contribution >= 4 is 22.1 Å². The van der Waals surface area contributed by atoms with E-state index >= 15 is 0 Å². The van der Waals surface area contributed by atoms with Crippen LogP contribution in [0.25, 0.3) is 0 Å². The summed E-state index contributed by atoms with van der Waals surface area (Å²) in [4.78, 5) is 12.4. The first-order valence-corrected chi connectivity index (χ1v) is 4.50. The lowest BCUT2D eigenvalue weighted by Crippen LogP contribution is -2.06. The van der Waals surface area contributed by atoms with E-state index in [-0.39, 0.29) is 5.78 Å². The number of fused-ring (bicyclic) bond motifs is 1. The number of nitrogen functional groups attached to an aromatic ring is 1. The molecule has 11 heavy (non-hydrogen) atoms. The second kappa shape index (κ2) is 2.34. The number of hydrogen-bond acceptors (Lipinski definition) is 3. The summed E-state index contributed by atoms with van der Waals surface area (Å²) < 4.78 is 0. The Bertz CT molecular complexity index is 303. The normalized spacial score (nSPS) is 16.5. The summed E-state index contributed by atoms with van der Waals surface area (Å²) in [7, 11) is 0. The van der Waals surface area contributed by atoms with Gasteiger partial charge in [0.1, 0.15) is 0 Å². The van der Waals surface area contributed by atoms with Gasteiger partial charge in [0, 0.05) is 16.9 Å². The van der Waals surface area contributed by atoms with Crippen LogP contribution in [0.1, 0.15) is 28.1 Å². The first-order chi connectivity index (χ1) is 5.27. The second-order valence-corrected chi connectivity index (χ2v) is 3.93. The smallest absolute Gasteiger partial charge is 0.164 e. The predicted octanol–water partition coefficient (Wildman–Crippen LogP) is 1.85. The molecule has 58 valence electrons. The van der Waals surface area contributed by atoms with Crippen molar-refractivity contribution in [3.05, 3.63) is 16.5 Å². The summed E-state index contributed by atoms with van der Waals surface area (Å²) in [6, 6.07) is 1.81. The number of carbonyl (C=O) groups excluding carboxylic acids is 1. The van der Waals surface area contributed by atoms with E-state index in [4.69, 9.17) is 5.73 Å². The van der Waals surface area contributed by atoms with Crippen LogP contribution in [0.15, 0.2) is 6.07 Å². The van der Waals surface area contributed by atoms with Crippen LogP contribution in [-0.4, -0.2) is 5.78 Å². The molecular formula is C8H9NOS. The van der Waals surface area contributed by atoms with Crippen LogP contribution in [0.4, 0.5) is 5.00 Å². The van der Waals surface area contributed by atoms with E-state index in [1.807, 2.05) is 6.07 Å². The van der Waals surface area contributed by atoms with Gasteiger partial charge in [0.15, 0.2) is 5.78 Å². The fraction of sp³-hybridized carbons (Fsp3) is 0.375. The number of hydrogen-bond donors (Lipinski definition) is 1. The van der Waals surface area contributed by atoms with Gasteiger partial charge in [-0.1, -0.05) is 0 Å². The minimum atomic E-state index is 0.263. The zero-order valence-corrected chi connectivity index (χ0v) is 6.91. The van der Waals surface area contributed by atoms with E-state index in [9.17, 15) is 4.79 Å². The van der Waals surface area contributed by atoms with Gasteiger partial charge >= 0.3 is 0 Å². The van der Waals surface area contributed by atoms with Gasteiger partial charge in [0.25, 0.3) is 0 Å². The Labute approximate surface area is 69.0 Å². The van der Waals surface area contributed by atoms with E-state index in [0.717, 1.165) is 23.4 Å².